The molecule has 0 unspecified atom stereocenters. The van der Waals surface area contributed by atoms with Gasteiger partial charge >= 0.3 is 0 Å². The number of pyridine rings is 1. The van der Waals surface area contributed by atoms with Crippen molar-refractivity contribution < 1.29 is 14.2 Å². The van der Waals surface area contributed by atoms with Gasteiger partial charge in [-0.2, -0.15) is 0 Å². The van der Waals surface area contributed by atoms with Crippen molar-refractivity contribution in [3.05, 3.63) is 113 Å². The third-order valence-electron chi connectivity index (χ3n) is 4.76. The Morgan fingerprint density at radius 2 is 1.00 bits per heavy atom. The Morgan fingerprint density at radius 1 is 0.548 bits per heavy atom. The first kappa shape index (κ1) is 20.5. The first-order valence-corrected chi connectivity index (χ1v) is 10.2. The van der Waals surface area contributed by atoms with Crippen LogP contribution in [0.5, 0.6) is 23.1 Å². The molecule has 1 heterocycles. The maximum absolute atomic E-state index is 6.17. The molecule has 156 valence electrons. The van der Waals surface area contributed by atoms with Crippen molar-refractivity contribution in [2.45, 2.75) is 27.1 Å². The van der Waals surface area contributed by atoms with Gasteiger partial charge in [-0.05, 0) is 63.2 Å². The molecule has 31 heavy (non-hydrogen) atoms. The van der Waals surface area contributed by atoms with E-state index in [0.29, 0.717) is 23.1 Å². The second kappa shape index (κ2) is 9.35. The average molecular weight is 412 g/mol. The molecule has 0 amide bonds. The zero-order valence-corrected chi connectivity index (χ0v) is 17.9. The van der Waals surface area contributed by atoms with Crippen molar-refractivity contribution in [2.24, 2.45) is 0 Å². The minimum absolute atomic E-state index is 0.478. The zero-order valence-electron chi connectivity index (χ0n) is 17.9. The average Bonchev–Trinajstić information content (AvgIpc) is 2.78. The Kier molecular flexibility index (Phi) is 6.18. The van der Waals surface area contributed by atoms with E-state index in [9.17, 15) is 0 Å². The van der Waals surface area contributed by atoms with Crippen LogP contribution in [-0.4, -0.2) is 4.98 Å². The van der Waals surface area contributed by atoms with Crippen LogP contribution in [0.25, 0.3) is 0 Å². The number of nitrogens with zero attached hydrogens (tertiary/aromatic N) is 1. The molecule has 3 aromatic carbocycles. The highest BCUT2D eigenvalue weighted by molar-refractivity contribution is 5.32. The van der Waals surface area contributed by atoms with Gasteiger partial charge in [0.05, 0.1) is 0 Å². The lowest BCUT2D eigenvalue weighted by atomic mass is 10.2. The quantitative estimate of drug-likeness (QED) is 0.308. The molecule has 0 atom stereocenters. The maximum atomic E-state index is 6.17. The number of hydrogen-bond donors (Lipinski definition) is 0. The minimum atomic E-state index is -0.730. The topological polar surface area (TPSA) is 40.6 Å². The van der Waals surface area contributed by atoms with E-state index in [2.05, 4.69) is 4.98 Å². The van der Waals surface area contributed by atoms with Gasteiger partial charge in [0.1, 0.15) is 22.9 Å². The van der Waals surface area contributed by atoms with Crippen molar-refractivity contribution in [1.82, 2.24) is 4.98 Å². The number of benzene rings is 3. The Balaban J connectivity index is 1.60. The largest absolute Gasteiger partial charge is 0.449 e. The summed E-state index contributed by atoms with van der Waals surface area (Å²) >= 11 is 0. The van der Waals surface area contributed by atoms with Gasteiger partial charge in [0.25, 0.3) is 6.29 Å². The number of ether oxygens (including phenoxy) is 3. The van der Waals surface area contributed by atoms with Gasteiger partial charge < -0.3 is 14.2 Å². The molecular formula is C27H25NO3. The molecule has 0 saturated carbocycles. The van der Waals surface area contributed by atoms with Crippen molar-refractivity contribution in [3.8, 4) is 23.1 Å². The van der Waals surface area contributed by atoms with Crippen LogP contribution in [0.2, 0.25) is 0 Å². The van der Waals surface area contributed by atoms with E-state index in [-0.39, 0.29) is 0 Å². The van der Waals surface area contributed by atoms with Crippen LogP contribution in [0.1, 0.15) is 28.7 Å². The first-order chi connectivity index (χ1) is 15.0. The smallest absolute Gasteiger partial charge is 0.284 e. The van der Waals surface area contributed by atoms with E-state index in [0.717, 1.165) is 16.9 Å². The van der Waals surface area contributed by atoms with E-state index in [4.69, 9.17) is 14.2 Å². The lowest BCUT2D eigenvalue weighted by Crippen LogP contribution is -2.16. The summed E-state index contributed by atoms with van der Waals surface area (Å²) in [4.78, 5) is 4.65. The fourth-order valence-corrected chi connectivity index (χ4v) is 2.97. The number of hydrogen-bond acceptors (Lipinski definition) is 4. The molecule has 1 aromatic heterocycles. The van der Waals surface area contributed by atoms with Gasteiger partial charge in [0, 0.05) is 6.07 Å². The molecule has 4 nitrogen and oxygen atoms in total. The molecule has 0 aliphatic carbocycles. The van der Waals surface area contributed by atoms with Crippen LogP contribution in [0.3, 0.4) is 0 Å². The Labute approximate surface area is 183 Å². The third kappa shape index (κ3) is 5.64. The number of aromatic nitrogens is 1. The Bertz CT molecular complexity index is 1070. The molecule has 0 spiro atoms. The minimum Gasteiger partial charge on any atom is -0.449 e. The standard InChI is InChI=1S/C27H25NO3/c1-19-7-13-22(14-8-19)29-26-6-4-5-25(28-26)27(30-23-15-9-20(2)10-16-23)31-24-17-11-21(3)12-18-24/h4-18,27H,1-3H3. The summed E-state index contributed by atoms with van der Waals surface area (Å²) < 4.78 is 18.3. The number of aryl methyl sites for hydroxylation is 3. The van der Waals surface area contributed by atoms with Crippen LogP contribution >= 0.6 is 0 Å². The third-order valence-corrected chi connectivity index (χ3v) is 4.76. The summed E-state index contributed by atoms with van der Waals surface area (Å²) in [6.07, 6.45) is -0.730. The van der Waals surface area contributed by atoms with Crippen LogP contribution in [0.4, 0.5) is 0 Å². The second-order valence-corrected chi connectivity index (χ2v) is 7.51. The molecule has 4 rings (SSSR count). The highest BCUT2D eigenvalue weighted by atomic mass is 16.7. The molecule has 0 radical (unpaired) electrons. The summed E-state index contributed by atoms with van der Waals surface area (Å²) in [7, 11) is 0. The second-order valence-electron chi connectivity index (χ2n) is 7.51. The predicted octanol–water partition coefficient (Wildman–Crippen LogP) is 6.96. The normalized spacial score (nSPS) is 10.7. The summed E-state index contributed by atoms with van der Waals surface area (Å²) in [5, 5.41) is 0. The zero-order chi connectivity index (χ0) is 21.6. The number of rotatable bonds is 7. The fraction of sp³-hybridized carbons (Fsp3) is 0.148. The highest BCUT2D eigenvalue weighted by Gasteiger charge is 2.18. The Hall–Kier alpha value is -3.79. The molecule has 0 bridgehead atoms. The van der Waals surface area contributed by atoms with Gasteiger partial charge in [-0.25, -0.2) is 4.98 Å². The van der Waals surface area contributed by atoms with Crippen LogP contribution in [-0.2, 0) is 0 Å². The Morgan fingerprint density at radius 3 is 1.48 bits per heavy atom. The molecule has 0 saturated heterocycles. The molecular weight excluding hydrogens is 386 g/mol. The molecule has 4 aromatic rings. The van der Waals surface area contributed by atoms with Gasteiger partial charge in [-0.1, -0.05) is 59.2 Å². The molecule has 4 heteroatoms. The molecule has 0 N–H and O–H groups in total. The summed E-state index contributed by atoms with van der Waals surface area (Å²) in [6, 6.07) is 29.1. The summed E-state index contributed by atoms with van der Waals surface area (Å²) in [5.74, 6) is 2.61. The molecule has 0 fully saturated rings. The van der Waals surface area contributed by atoms with E-state index in [1.165, 1.54) is 5.56 Å². The van der Waals surface area contributed by atoms with E-state index < -0.39 is 6.29 Å². The van der Waals surface area contributed by atoms with Gasteiger partial charge in [-0.3, -0.25) is 0 Å². The van der Waals surface area contributed by atoms with E-state index in [1.807, 2.05) is 112 Å². The monoisotopic (exact) mass is 411 g/mol. The highest BCUT2D eigenvalue weighted by Crippen LogP contribution is 2.28. The van der Waals surface area contributed by atoms with Crippen LogP contribution < -0.4 is 14.2 Å². The lowest BCUT2D eigenvalue weighted by Gasteiger charge is -2.21. The van der Waals surface area contributed by atoms with Gasteiger partial charge in [-0.15, -0.1) is 0 Å². The van der Waals surface area contributed by atoms with Crippen LogP contribution in [0, 0.1) is 20.8 Å². The van der Waals surface area contributed by atoms with Crippen molar-refractivity contribution in [2.75, 3.05) is 0 Å². The van der Waals surface area contributed by atoms with Crippen molar-refractivity contribution in [3.63, 3.8) is 0 Å². The predicted molar refractivity (Wildman–Crippen MR) is 122 cm³/mol. The van der Waals surface area contributed by atoms with Crippen molar-refractivity contribution >= 4 is 0 Å². The molecule has 0 aliphatic rings. The van der Waals surface area contributed by atoms with Gasteiger partial charge in [0.15, 0.2) is 0 Å². The SMILES string of the molecule is Cc1ccc(Oc2cccc(C(Oc3ccc(C)cc3)Oc3ccc(C)cc3)n2)cc1. The maximum Gasteiger partial charge on any atom is 0.284 e. The van der Waals surface area contributed by atoms with Gasteiger partial charge in [0.2, 0.25) is 5.88 Å². The van der Waals surface area contributed by atoms with E-state index >= 15 is 0 Å². The first-order valence-electron chi connectivity index (χ1n) is 10.2. The summed E-state index contributed by atoms with van der Waals surface area (Å²) in [5.41, 5.74) is 4.11. The lowest BCUT2D eigenvalue weighted by molar-refractivity contribution is 0.00000646. The summed E-state index contributed by atoms with van der Waals surface area (Å²) in [6.45, 7) is 6.12. The van der Waals surface area contributed by atoms with E-state index in [1.54, 1.807) is 0 Å². The fourth-order valence-electron chi connectivity index (χ4n) is 2.97. The molecule has 0 aliphatic heterocycles. The van der Waals surface area contributed by atoms with Crippen molar-refractivity contribution in [1.29, 1.82) is 0 Å². The van der Waals surface area contributed by atoms with Crippen LogP contribution in [0.15, 0.2) is 91.0 Å².